The van der Waals surface area contributed by atoms with Gasteiger partial charge < -0.3 is 15.2 Å². The Morgan fingerprint density at radius 1 is 1.03 bits per heavy atom. The summed E-state index contributed by atoms with van der Waals surface area (Å²) in [4.78, 5) is 42.1. The number of carbonyl (C=O) groups is 1. The van der Waals surface area contributed by atoms with E-state index in [1.807, 2.05) is 24.4 Å². The molecular formula is C25H25Cl2N7O2. The van der Waals surface area contributed by atoms with Gasteiger partial charge in [0.1, 0.15) is 12.4 Å². The molecule has 1 amide bonds. The minimum absolute atomic E-state index is 0.126. The highest BCUT2D eigenvalue weighted by Crippen LogP contribution is 2.23. The number of hydrogen-bond acceptors (Lipinski definition) is 6. The number of aromatic nitrogens is 4. The number of halogens is 2. The summed E-state index contributed by atoms with van der Waals surface area (Å²) in [5.74, 6) is 0.662. The van der Waals surface area contributed by atoms with Crippen LogP contribution in [0.2, 0.25) is 10.0 Å². The Bertz CT molecular complexity index is 1430. The molecule has 0 saturated carbocycles. The lowest BCUT2D eigenvalue weighted by molar-refractivity contribution is -0.121. The number of rotatable bonds is 7. The molecule has 1 saturated heterocycles. The van der Waals surface area contributed by atoms with Crippen molar-refractivity contribution in [2.45, 2.75) is 19.6 Å². The van der Waals surface area contributed by atoms with Crippen LogP contribution >= 0.6 is 23.2 Å². The molecular weight excluding hydrogens is 501 g/mol. The number of imidazole rings is 1. The standard InChI is InChI=1S/C25H25Cl2N7O2/c26-20-3-1-17(11-21(20)27)13-30-24(35)15-34-16-31-22-4-2-18(12-19(22)25(34)36)33-9-7-32(8-10-33)14-23-28-5-6-29-23/h1-6,11-12,16H,7-10,13-15H2,(H,28,29)(H,30,35). The predicted molar refractivity (Wildman–Crippen MR) is 140 cm³/mol. The molecule has 0 radical (unpaired) electrons. The molecule has 4 aromatic rings. The lowest BCUT2D eigenvalue weighted by atomic mass is 10.2. The molecule has 9 nitrogen and oxygen atoms in total. The molecule has 1 aliphatic rings. The van der Waals surface area contributed by atoms with Gasteiger partial charge in [-0.3, -0.25) is 19.1 Å². The van der Waals surface area contributed by atoms with E-state index in [1.165, 1.54) is 10.9 Å². The van der Waals surface area contributed by atoms with Gasteiger partial charge in [0.25, 0.3) is 5.56 Å². The first-order chi connectivity index (χ1) is 17.5. The summed E-state index contributed by atoms with van der Waals surface area (Å²) in [5, 5.41) is 4.17. The fraction of sp³-hybridized carbons (Fsp3) is 0.280. The van der Waals surface area contributed by atoms with E-state index in [4.69, 9.17) is 23.2 Å². The van der Waals surface area contributed by atoms with Crippen LogP contribution in [0, 0.1) is 0 Å². The Labute approximate surface area is 217 Å². The van der Waals surface area contributed by atoms with Gasteiger partial charge in [-0.1, -0.05) is 29.3 Å². The van der Waals surface area contributed by atoms with Crippen molar-refractivity contribution in [3.63, 3.8) is 0 Å². The molecule has 0 atom stereocenters. The zero-order valence-corrected chi connectivity index (χ0v) is 21.0. The molecule has 11 heteroatoms. The van der Waals surface area contributed by atoms with Crippen molar-refractivity contribution >= 4 is 45.7 Å². The molecule has 1 fully saturated rings. The van der Waals surface area contributed by atoms with Crippen LogP contribution in [0.1, 0.15) is 11.4 Å². The lowest BCUT2D eigenvalue weighted by Gasteiger charge is -2.35. The van der Waals surface area contributed by atoms with E-state index in [2.05, 4.69) is 30.1 Å². The average Bonchev–Trinajstić information content (AvgIpc) is 3.40. The molecule has 0 bridgehead atoms. The highest BCUT2D eigenvalue weighted by atomic mass is 35.5. The van der Waals surface area contributed by atoms with Crippen LogP contribution in [0.25, 0.3) is 10.9 Å². The second-order valence-corrected chi connectivity index (χ2v) is 9.52. The SMILES string of the molecule is O=C(Cn1cnc2ccc(N3CCN(Cc4ncc[nH]4)CC3)cc2c1=O)NCc1ccc(Cl)c(Cl)c1. The van der Waals surface area contributed by atoms with E-state index < -0.39 is 0 Å². The van der Waals surface area contributed by atoms with Gasteiger partial charge >= 0.3 is 0 Å². The van der Waals surface area contributed by atoms with Crippen molar-refractivity contribution < 1.29 is 4.79 Å². The molecule has 5 rings (SSSR count). The van der Waals surface area contributed by atoms with Crippen LogP contribution in [0.4, 0.5) is 5.69 Å². The Morgan fingerprint density at radius 3 is 2.61 bits per heavy atom. The summed E-state index contributed by atoms with van der Waals surface area (Å²) in [5.41, 5.74) is 2.15. The summed E-state index contributed by atoms with van der Waals surface area (Å²) in [6.45, 7) is 4.43. The molecule has 36 heavy (non-hydrogen) atoms. The molecule has 2 aromatic heterocycles. The Balaban J connectivity index is 1.24. The largest absolute Gasteiger partial charge is 0.369 e. The number of aromatic amines is 1. The number of benzene rings is 2. The number of fused-ring (bicyclic) bond motifs is 1. The van der Waals surface area contributed by atoms with Crippen LogP contribution < -0.4 is 15.8 Å². The molecule has 0 unspecified atom stereocenters. The number of H-pyrrole nitrogens is 1. The van der Waals surface area contributed by atoms with Crippen molar-refractivity contribution in [1.29, 1.82) is 0 Å². The first kappa shape index (κ1) is 24.3. The van der Waals surface area contributed by atoms with Gasteiger partial charge in [0.15, 0.2) is 0 Å². The van der Waals surface area contributed by atoms with Crippen LogP contribution in [-0.2, 0) is 24.4 Å². The first-order valence-electron chi connectivity index (χ1n) is 11.6. The predicted octanol–water partition coefficient (Wildman–Crippen LogP) is 3.07. The summed E-state index contributed by atoms with van der Waals surface area (Å²) in [6, 6.07) is 10.9. The molecule has 3 heterocycles. The Kier molecular flexibility index (Phi) is 7.22. The number of anilines is 1. The van der Waals surface area contributed by atoms with Gasteiger partial charge in [0.05, 0.1) is 33.8 Å². The van der Waals surface area contributed by atoms with Crippen molar-refractivity contribution in [1.82, 2.24) is 29.7 Å². The third kappa shape index (κ3) is 5.53. The minimum Gasteiger partial charge on any atom is -0.369 e. The quantitative estimate of drug-likeness (QED) is 0.384. The zero-order chi connectivity index (χ0) is 25.1. The summed E-state index contributed by atoms with van der Waals surface area (Å²) < 4.78 is 1.33. The molecule has 2 N–H and O–H groups in total. The number of carbonyl (C=O) groups excluding carboxylic acids is 1. The summed E-state index contributed by atoms with van der Waals surface area (Å²) in [6.07, 6.45) is 5.01. The molecule has 1 aliphatic heterocycles. The fourth-order valence-corrected chi connectivity index (χ4v) is 4.60. The second kappa shape index (κ2) is 10.7. The maximum Gasteiger partial charge on any atom is 0.261 e. The molecule has 2 aromatic carbocycles. The van der Waals surface area contributed by atoms with Crippen LogP contribution in [-0.4, -0.2) is 56.5 Å². The van der Waals surface area contributed by atoms with Crippen LogP contribution in [0.3, 0.4) is 0 Å². The third-order valence-electron chi connectivity index (χ3n) is 6.26. The summed E-state index contributed by atoms with van der Waals surface area (Å²) >= 11 is 12.0. The van der Waals surface area contributed by atoms with Gasteiger partial charge in [0, 0.05) is 50.8 Å². The zero-order valence-electron chi connectivity index (χ0n) is 19.5. The number of nitrogens with one attached hydrogen (secondary N) is 2. The average molecular weight is 526 g/mol. The highest BCUT2D eigenvalue weighted by molar-refractivity contribution is 6.42. The van der Waals surface area contributed by atoms with Gasteiger partial charge in [-0.15, -0.1) is 0 Å². The van der Waals surface area contributed by atoms with Crippen LogP contribution in [0.5, 0.6) is 0 Å². The maximum atomic E-state index is 13.2. The number of piperazine rings is 1. The molecule has 0 aliphatic carbocycles. The van der Waals surface area contributed by atoms with Crippen molar-refractivity contribution in [3.05, 3.63) is 86.9 Å². The van der Waals surface area contributed by atoms with Gasteiger partial charge in [-0.25, -0.2) is 9.97 Å². The van der Waals surface area contributed by atoms with Gasteiger partial charge in [0.2, 0.25) is 5.91 Å². The number of amides is 1. The Hall–Kier alpha value is -3.40. The van der Waals surface area contributed by atoms with Crippen LogP contribution in [0.15, 0.2) is 59.9 Å². The van der Waals surface area contributed by atoms with E-state index >= 15 is 0 Å². The van der Waals surface area contributed by atoms with E-state index in [0.29, 0.717) is 20.9 Å². The lowest BCUT2D eigenvalue weighted by Crippen LogP contribution is -2.46. The second-order valence-electron chi connectivity index (χ2n) is 8.70. The molecule has 186 valence electrons. The van der Waals surface area contributed by atoms with Gasteiger partial charge in [-0.05, 0) is 35.9 Å². The highest BCUT2D eigenvalue weighted by Gasteiger charge is 2.19. The monoisotopic (exact) mass is 525 g/mol. The fourth-order valence-electron chi connectivity index (χ4n) is 4.28. The first-order valence-corrected chi connectivity index (χ1v) is 12.4. The number of hydrogen-bond donors (Lipinski definition) is 2. The van der Waals surface area contributed by atoms with E-state index in [0.717, 1.165) is 49.8 Å². The summed E-state index contributed by atoms with van der Waals surface area (Å²) in [7, 11) is 0. The van der Waals surface area contributed by atoms with Crippen molar-refractivity contribution in [2.75, 3.05) is 31.1 Å². The minimum atomic E-state index is -0.298. The maximum absolute atomic E-state index is 13.2. The number of nitrogens with zero attached hydrogens (tertiary/aromatic N) is 5. The topological polar surface area (TPSA) is 99.2 Å². The van der Waals surface area contributed by atoms with Gasteiger partial charge in [-0.2, -0.15) is 0 Å². The van der Waals surface area contributed by atoms with Crippen molar-refractivity contribution in [3.8, 4) is 0 Å². The van der Waals surface area contributed by atoms with E-state index in [-0.39, 0.29) is 24.6 Å². The third-order valence-corrected chi connectivity index (χ3v) is 7.00. The normalized spacial score (nSPS) is 14.3. The smallest absolute Gasteiger partial charge is 0.261 e. The van der Waals surface area contributed by atoms with E-state index in [1.54, 1.807) is 24.4 Å². The Morgan fingerprint density at radius 2 is 1.86 bits per heavy atom. The van der Waals surface area contributed by atoms with E-state index in [9.17, 15) is 9.59 Å². The van der Waals surface area contributed by atoms with Crippen molar-refractivity contribution in [2.24, 2.45) is 0 Å². The molecule has 0 spiro atoms.